The molecule has 0 aromatic heterocycles. The number of hydrogen-bond donors (Lipinski definition) is 1. The molecule has 0 spiro atoms. The molecule has 1 fully saturated rings. The molecule has 1 rings (SSSR count). The van der Waals surface area contributed by atoms with E-state index in [9.17, 15) is 4.79 Å². The molecule has 1 aliphatic carbocycles. The first-order valence-electron chi connectivity index (χ1n) is 4.57. The van der Waals surface area contributed by atoms with Crippen molar-refractivity contribution in [2.45, 2.75) is 32.1 Å². The first kappa shape index (κ1) is 9.36. The molecule has 0 aromatic rings. The van der Waals surface area contributed by atoms with Crippen LogP contribution in [-0.4, -0.2) is 18.0 Å². The first-order valence-corrected chi connectivity index (χ1v) is 4.57. The van der Waals surface area contributed by atoms with Crippen LogP contribution in [0, 0.1) is 12.5 Å². The van der Waals surface area contributed by atoms with Crippen LogP contribution in [0.15, 0.2) is 0 Å². The van der Waals surface area contributed by atoms with Gasteiger partial charge in [-0.15, -0.1) is 0 Å². The number of hydrogen-bond acceptors (Lipinski definition) is 1. The minimum Gasteiger partial charge on any atom is -0.351 e. The molecule has 3 nitrogen and oxygen atoms in total. The molecule has 0 aromatic carbocycles. The maximum absolute atomic E-state index is 10.7. The summed E-state index contributed by atoms with van der Waals surface area (Å²) in [4.78, 5) is 12.2. The lowest BCUT2D eigenvalue weighted by molar-refractivity contribution is 0.218. The second kappa shape index (κ2) is 4.33. The van der Waals surface area contributed by atoms with Crippen molar-refractivity contribution in [3.8, 4) is 0 Å². The quantitative estimate of drug-likeness (QED) is 0.672. The number of primary amides is 1. The fourth-order valence-corrected chi connectivity index (χ4v) is 1.67. The van der Waals surface area contributed by atoms with Gasteiger partial charge in [-0.2, -0.15) is 0 Å². The van der Waals surface area contributed by atoms with Gasteiger partial charge < -0.3 is 10.6 Å². The van der Waals surface area contributed by atoms with E-state index in [0.29, 0.717) is 5.92 Å². The molecule has 0 atom stereocenters. The maximum Gasteiger partial charge on any atom is 0.314 e. The summed E-state index contributed by atoms with van der Waals surface area (Å²) in [5.41, 5.74) is 5.11. The standard InChI is InChI=1S/C9H17N2O/c1-11(9(10)12)7-8-5-3-2-4-6-8/h7-8H,2-6H2,1H3,(H2,10,12). The van der Waals surface area contributed by atoms with E-state index in [1.54, 1.807) is 7.05 Å². The second-order valence-electron chi connectivity index (χ2n) is 3.50. The Labute approximate surface area is 73.9 Å². The van der Waals surface area contributed by atoms with Crippen molar-refractivity contribution < 1.29 is 4.79 Å². The highest BCUT2D eigenvalue weighted by Crippen LogP contribution is 2.26. The van der Waals surface area contributed by atoms with E-state index in [-0.39, 0.29) is 6.03 Å². The molecule has 2 N–H and O–H groups in total. The molecule has 12 heavy (non-hydrogen) atoms. The number of urea groups is 1. The summed E-state index contributed by atoms with van der Waals surface area (Å²) in [6.07, 6.45) is 6.32. The van der Waals surface area contributed by atoms with Crippen molar-refractivity contribution in [2.75, 3.05) is 7.05 Å². The van der Waals surface area contributed by atoms with Crippen molar-refractivity contribution in [3.63, 3.8) is 0 Å². The molecular weight excluding hydrogens is 152 g/mol. The Morgan fingerprint density at radius 2 is 2.00 bits per heavy atom. The molecule has 0 aliphatic heterocycles. The molecule has 2 amide bonds. The molecular formula is C9H17N2O. The maximum atomic E-state index is 10.7. The molecule has 0 saturated heterocycles. The third kappa shape index (κ3) is 2.72. The topological polar surface area (TPSA) is 46.3 Å². The number of amides is 2. The number of rotatable bonds is 2. The monoisotopic (exact) mass is 169 g/mol. The fourth-order valence-electron chi connectivity index (χ4n) is 1.67. The van der Waals surface area contributed by atoms with E-state index in [2.05, 4.69) is 0 Å². The zero-order valence-electron chi connectivity index (χ0n) is 7.62. The van der Waals surface area contributed by atoms with E-state index < -0.39 is 0 Å². The molecule has 0 bridgehead atoms. The summed E-state index contributed by atoms with van der Waals surface area (Å²) in [7, 11) is 1.72. The molecule has 69 valence electrons. The third-order valence-corrected chi connectivity index (χ3v) is 2.43. The van der Waals surface area contributed by atoms with Gasteiger partial charge in [0.1, 0.15) is 0 Å². The predicted molar refractivity (Wildman–Crippen MR) is 48.2 cm³/mol. The third-order valence-electron chi connectivity index (χ3n) is 2.43. The lowest BCUT2D eigenvalue weighted by atomic mass is 9.89. The van der Waals surface area contributed by atoms with Crippen LogP contribution in [0.25, 0.3) is 0 Å². The van der Waals surface area contributed by atoms with E-state index in [4.69, 9.17) is 5.73 Å². The van der Waals surface area contributed by atoms with Crippen LogP contribution in [0.3, 0.4) is 0 Å². The highest BCUT2D eigenvalue weighted by molar-refractivity contribution is 5.72. The smallest absolute Gasteiger partial charge is 0.314 e. The summed E-state index contributed by atoms with van der Waals surface area (Å²) in [6, 6.07) is -0.361. The van der Waals surface area contributed by atoms with Gasteiger partial charge >= 0.3 is 6.03 Å². The van der Waals surface area contributed by atoms with Gasteiger partial charge in [0.05, 0.1) is 6.54 Å². The van der Waals surface area contributed by atoms with Gasteiger partial charge in [-0.1, -0.05) is 19.3 Å². The minimum absolute atomic E-state index is 0.361. The van der Waals surface area contributed by atoms with Gasteiger partial charge in [0.25, 0.3) is 0 Å². The van der Waals surface area contributed by atoms with Gasteiger partial charge in [0.15, 0.2) is 0 Å². The summed E-state index contributed by atoms with van der Waals surface area (Å²) in [5, 5.41) is 0. The fraction of sp³-hybridized carbons (Fsp3) is 0.778. The van der Waals surface area contributed by atoms with Crippen molar-refractivity contribution in [1.82, 2.24) is 4.90 Å². The van der Waals surface area contributed by atoms with Crippen LogP contribution in [-0.2, 0) is 0 Å². The zero-order valence-corrected chi connectivity index (χ0v) is 7.62. The molecule has 3 heteroatoms. The molecule has 1 radical (unpaired) electrons. The number of carbonyl (C=O) groups is 1. The molecule has 0 heterocycles. The van der Waals surface area contributed by atoms with E-state index in [0.717, 1.165) is 0 Å². The normalized spacial score (nSPS) is 19.1. The van der Waals surface area contributed by atoms with Gasteiger partial charge in [-0.3, -0.25) is 0 Å². The Morgan fingerprint density at radius 1 is 1.42 bits per heavy atom. The van der Waals surface area contributed by atoms with Gasteiger partial charge in [-0.05, 0) is 18.8 Å². The Morgan fingerprint density at radius 3 is 2.50 bits per heavy atom. The van der Waals surface area contributed by atoms with Crippen LogP contribution >= 0.6 is 0 Å². The number of carbonyl (C=O) groups excluding carboxylic acids is 1. The van der Waals surface area contributed by atoms with Crippen LogP contribution < -0.4 is 5.73 Å². The molecule has 1 aliphatic rings. The second-order valence-corrected chi connectivity index (χ2v) is 3.50. The Kier molecular flexibility index (Phi) is 3.38. The Bertz CT molecular complexity index is 153. The van der Waals surface area contributed by atoms with Crippen molar-refractivity contribution in [3.05, 3.63) is 6.54 Å². The minimum atomic E-state index is -0.361. The molecule has 1 saturated carbocycles. The number of nitrogens with two attached hydrogens (primary N) is 1. The van der Waals surface area contributed by atoms with Crippen LogP contribution in [0.2, 0.25) is 0 Å². The van der Waals surface area contributed by atoms with E-state index >= 15 is 0 Å². The lowest BCUT2D eigenvalue weighted by Crippen LogP contribution is -2.32. The van der Waals surface area contributed by atoms with Crippen LogP contribution in [0.4, 0.5) is 4.79 Å². The predicted octanol–water partition coefficient (Wildman–Crippen LogP) is 1.74. The Balaban J connectivity index is 2.24. The SMILES string of the molecule is CN([CH]C1CCCCC1)C(N)=O. The van der Waals surface area contributed by atoms with Crippen molar-refractivity contribution in [1.29, 1.82) is 0 Å². The summed E-state index contributed by atoms with van der Waals surface area (Å²) < 4.78 is 0. The average molecular weight is 169 g/mol. The van der Waals surface area contributed by atoms with Crippen molar-refractivity contribution >= 4 is 6.03 Å². The first-order chi connectivity index (χ1) is 5.70. The Hall–Kier alpha value is -0.730. The summed E-state index contributed by atoms with van der Waals surface area (Å²) >= 11 is 0. The highest BCUT2D eigenvalue weighted by Gasteiger charge is 2.16. The van der Waals surface area contributed by atoms with Gasteiger partial charge in [-0.25, -0.2) is 4.79 Å². The highest BCUT2D eigenvalue weighted by atomic mass is 16.2. The number of nitrogens with zero attached hydrogens (tertiary/aromatic N) is 1. The van der Waals surface area contributed by atoms with Crippen LogP contribution in [0.5, 0.6) is 0 Å². The van der Waals surface area contributed by atoms with E-state index in [1.807, 2.05) is 6.54 Å². The lowest BCUT2D eigenvalue weighted by Gasteiger charge is -2.25. The van der Waals surface area contributed by atoms with Gasteiger partial charge in [0, 0.05) is 7.05 Å². The average Bonchev–Trinajstić information content (AvgIpc) is 2.06. The largest absolute Gasteiger partial charge is 0.351 e. The zero-order chi connectivity index (χ0) is 8.97. The van der Waals surface area contributed by atoms with E-state index in [1.165, 1.54) is 37.0 Å². The van der Waals surface area contributed by atoms with Gasteiger partial charge in [0.2, 0.25) is 0 Å². The van der Waals surface area contributed by atoms with Crippen LogP contribution in [0.1, 0.15) is 32.1 Å². The molecule has 0 unspecified atom stereocenters. The summed E-state index contributed by atoms with van der Waals surface area (Å²) in [5.74, 6) is 0.566. The summed E-state index contributed by atoms with van der Waals surface area (Å²) in [6.45, 7) is 1.96. The van der Waals surface area contributed by atoms with Crippen molar-refractivity contribution in [2.24, 2.45) is 11.7 Å².